The molecule has 0 aromatic rings. The first-order valence-corrected chi connectivity index (χ1v) is 1.67. The summed E-state index contributed by atoms with van der Waals surface area (Å²) in [7, 11) is 0. The molecule has 4 heteroatoms. The highest BCUT2D eigenvalue weighted by Gasteiger charge is 1.85. The zero-order valence-electron chi connectivity index (χ0n) is 3.64. The van der Waals surface area contributed by atoms with Crippen molar-refractivity contribution < 1.29 is 4.79 Å². The van der Waals surface area contributed by atoms with Crippen molar-refractivity contribution in [2.75, 3.05) is 6.54 Å². The Labute approximate surface area is 40.9 Å². The molecule has 0 aliphatic heterocycles. The van der Waals surface area contributed by atoms with Gasteiger partial charge in [-0.3, -0.25) is 4.79 Å². The van der Waals surface area contributed by atoms with Gasteiger partial charge in [-0.15, -0.1) is 0 Å². The maximum Gasteiger partial charge on any atom is 0.237 e. The van der Waals surface area contributed by atoms with Crippen molar-refractivity contribution in [3.8, 4) is 6.19 Å². The minimum absolute atomic E-state index is 0.0729. The molecule has 7 heavy (non-hydrogen) atoms. The van der Waals surface area contributed by atoms with Crippen LogP contribution in [0.3, 0.4) is 0 Å². The van der Waals surface area contributed by atoms with Crippen molar-refractivity contribution >= 4 is 5.91 Å². The highest BCUT2D eigenvalue weighted by atomic mass is 16.1. The van der Waals surface area contributed by atoms with E-state index in [-0.39, 0.29) is 6.54 Å². The molecule has 0 saturated heterocycles. The van der Waals surface area contributed by atoms with Crippen LogP contribution in [0.25, 0.3) is 0 Å². The first-order chi connectivity index (χ1) is 3.27. The van der Waals surface area contributed by atoms with Crippen LogP contribution < -0.4 is 11.1 Å². The summed E-state index contributed by atoms with van der Waals surface area (Å²) in [6.07, 6.45) is 1.55. The largest absolute Gasteiger partial charge is 0.368 e. The molecule has 3 N–H and O–H groups in total. The second-order valence-electron chi connectivity index (χ2n) is 0.932. The summed E-state index contributed by atoms with van der Waals surface area (Å²) < 4.78 is 0. The van der Waals surface area contributed by atoms with Crippen LogP contribution in [0.5, 0.6) is 0 Å². The van der Waals surface area contributed by atoms with Crippen LogP contribution in [0.2, 0.25) is 0 Å². The van der Waals surface area contributed by atoms with E-state index < -0.39 is 5.91 Å². The molecule has 0 unspecified atom stereocenters. The highest BCUT2D eigenvalue weighted by molar-refractivity contribution is 5.76. The number of primary amides is 1. The quantitative estimate of drug-likeness (QED) is 0.328. The van der Waals surface area contributed by atoms with Gasteiger partial charge in [0, 0.05) is 0 Å². The lowest BCUT2D eigenvalue weighted by atomic mass is 10.6. The number of hydrogen-bond acceptors (Lipinski definition) is 3. The first-order valence-electron chi connectivity index (χ1n) is 1.67. The number of hydrogen-bond donors (Lipinski definition) is 2. The normalized spacial score (nSPS) is 6.71. The summed E-state index contributed by atoms with van der Waals surface area (Å²) in [6.45, 7) is -0.0729. The van der Waals surface area contributed by atoms with Gasteiger partial charge < -0.3 is 11.1 Å². The standard InChI is InChI=1S/C3H5N3O/c4-2-6-1-3(5)7/h6H,1H2,(H2,5,7). The second kappa shape index (κ2) is 2.97. The molecule has 0 aliphatic rings. The molecule has 0 bridgehead atoms. The van der Waals surface area contributed by atoms with Crippen molar-refractivity contribution in [3.05, 3.63) is 0 Å². The van der Waals surface area contributed by atoms with Gasteiger partial charge in [0.05, 0.1) is 0 Å². The molecule has 0 saturated carbocycles. The Morgan fingerprint density at radius 1 is 2.00 bits per heavy atom. The lowest BCUT2D eigenvalue weighted by Crippen LogP contribution is -2.24. The monoisotopic (exact) mass is 99.0 g/mol. The summed E-state index contributed by atoms with van der Waals surface area (Å²) in [5.41, 5.74) is 4.63. The van der Waals surface area contributed by atoms with Gasteiger partial charge in [0.15, 0.2) is 6.19 Å². The van der Waals surface area contributed by atoms with Crippen molar-refractivity contribution in [2.24, 2.45) is 5.73 Å². The molecule has 4 nitrogen and oxygen atoms in total. The van der Waals surface area contributed by atoms with E-state index in [9.17, 15) is 4.79 Å². The minimum Gasteiger partial charge on any atom is -0.368 e. The van der Waals surface area contributed by atoms with Crippen LogP contribution in [0.15, 0.2) is 0 Å². The van der Waals surface area contributed by atoms with E-state index in [1.807, 2.05) is 0 Å². The van der Waals surface area contributed by atoms with E-state index in [4.69, 9.17) is 5.26 Å². The van der Waals surface area contributed by atoms with Gasteiger partial charge in [-0.25, -0.2) is 0 Å². The van der Waals surface area contributed by atoms with E-state index >= 15 is 0 Å². The average Bonchev–Trinajstić information content (AvgIpc) is 1.61. The fourth-order valence-corrected chi connectivity index (χ4v) is 0.127. The third-order valence-electron chi connectivity index (χ3n) is 0.342. The Bertz CT molecular complexity index is 103. The Morgan fingerprint density at radius 2 is 2.57 bits per heavy atom. The van der Waals surface area contributed by atoms with E-state index in [2.05, 4.69) is 11.1 Å². The molecular weight excluding hydrogens is 94.1 g/mol. The smallest absolute Gasteiger partial charge is 0.237 e. The fourth-order valence-electron chi connectivity index (χ4n) is 0.127. The minimum atomic E-state index is -0.526. The summed E-state index contributed by atoms with van der Waals surface area (Å²) in [5.74, 6) is -0.526. The maximum absolute atomic E-state index is 9.77. The zero-order chi connectivity index (χ0) is 5.70. The number of nitrogens with zero attached hydrogens (tertiary/aromatic N) is 1. The highest BCUT2D eigenvalue weighted by Crippen LogP contribution is 1.48. The lowest BCUT2D eigenvalue weighted by molar-refractivity contribution is -0.117. The van der Waals surface area contributed by atoms with Gasteiger partial charge in [0.25, 0.3) is 0 Å². The molecule has 0 aromatic heterocycles. The summed E-state index contributed by atoms with van der Waals surface area (Å²) in [6, 6.07) is 0. The molecule has 0 radical (unpaired) electrons. The van der Waals surface area contributed by atoms with E-state index in [0.717, 1.165) is 0 Å². The summed E-state index contributed by atoms with van der Waals surface area (Å²) >= 11 is 0. The zero-order valence-corrected chi connectivity index (χ0v) is 3.64. The van der Waals surface area contributed by atoms with E-state index in [1.165, 1.54) is 0 Å². The van der Waals surface area contributed by atoms with Crippen molar-refractivity contribution in [3.63, 3.8) is 0 Å². The first kappa shape index (κ1) is 5.76. The van der Waals surface area contributed by atoms with E-state index in [1.54, 1.807) is 6.19 Å². The van der Waals surface area contributed by atoms with Crippen molar-refractivity contribution in [2.45, 2.75) is 0 Å². The van der Waals surface area contributed by atoms with Crippen molar-refractivity contribution in [1.82, 2.24) is 5.32 Å². The molecule has 0 aromatic carbocycles. The Balaban J connectivity index is 3.02. The maximum atomic E-state index is 9.77. The van der Waals surface area contributed by atoms with Crippen molar-refractivity contribution in [1.29, 1.82) is 5.26 Å². The third kappa shape index (κ3) is 4.76. The van der Waals surface area contributed by atoms with Crippen LogP contribution in [-0.2, 0) is 4.79 Å². The molecule has 0 atom stereocenters. The molecular formula is C3H5N3O. The Hall–Kier alpha value is -1.24. The SMILES string of the molecule is N#CNCC(N)=O. The number of nitrogens with two attached hydrogens (primary N) is 1. The number of nitriles is 1. The molecule has 0 spiro atoms. The summed E-state index contributed by atoms with van der Waals surface area (Å²) in [4.78, 5) is 9.77. The number of nitrogens with one attached hydrogen (secondary N) is 1. The molecule has 0 aliphatic carbocycles. The van der Waals surface area contributed by atoms with Gasteiger partial charge in [-0.1, -0.05) is 0 Å². The lowest BCUT2D eigenvalue weighted by Gasteiger charge is -1.84. The number of carbonyl (C=O) groups is 1. The van der Waals surface area contributed by atoms with Crippen LogP contribution in [0.1, 0.15) is 0 Å². The van der Waals surface area contributed by atoms with Gasteiger partial charge in [0.1, 0.15) is 6.54 Å². The van der Waals surface area contributed by atoms with Gasteiger partial charge in [0.2, 0.25) is 5.91 Å². The fraction of sp³-hybridized carbons (Fsp3) is 0.333. The average molecular weight is 99.1 g/mol. The van der Waals surface area contributed by atoms with Gasteiger partial charge >= 0.3 is 0 Å². The van der Waals surface area contributed by atoms with Crippen LogP contribution >= 0.6 is 0 Å². The predicted octanol–water partition coefficient (Wildman–Crippen LogP) is -1.46. The van der Waals surface area contributed by atoms with Crippen LogP contribution in [-0.4, -0.2) is 12.5 Å². The molecule has 0 fully saturated rings. The summed E-state index contributed by atoms with van der Waals surface area (Å²) in [5, 5.41) is 9.82. The number of rotatable bonds is 2. The third-order valence-corrected chi connectivity index (χ3v) is 0.342. The second-order valence-corrected chi connectivity index (χ2v) is 0.932. The Morgan fingerprint density at radius 3 is 2.71 bits per heavy atom. The van der Waals surface area contributed by atoms with Crippen LogP contribution in [0.4, 0.5) is 0 Å². The van der Waals surface area contributed by atoms with Gasteiger partial charge in [-0.2, -0.15) is 5.26 Å². The topological polar surface area (TPSA) is 78.9 Å². The molecule has 0 heterocycles. The molecule has 38 valence electrons. The van der Waals surface area contributed by atoms with Gasteiger partial charge in [-0.05, 0) is 0 Å². The predicted molar refractivity (Wildman–Crippen MR) is 22.8 cm³/mol. The Kier molecular flexibility index (Phi) is 2.44. The molecule has 0 rings (SSSR count). The number of amides is 1. The molecule has 1 amide bonds. The van der Waals surface area contributed by atoms with E-state index in [0.29, 0.717) is 0 Å². The number of carbonyl (C=O) groups excluding carboxylic acids is 1. The van der Waals surface area contributed by atoms with Crippen LogP contribution in [0, 0.1) is 11.5 Å².